The van der Waals surface area contributed by atoms with Gasteiger partial charge in [0.2, 0.25) is 0 Å². The van der Waals surface area contributed by atoms with Gasteiger partial charge in [0, 0.05) is 49.9 Å². The van der Waals surface area contributed by atoms with Crippen molar-refractivity contribution in [1.29, 1.82) is 0 Å². The van der Waals surface area contributed by atoms with Crippen LogP contribution in [-0.4, -0.2) is 52.9 Å². The normalized spacial score (nSPS) is 17.5. The van der Waals surface area contributed by atoms with E-state index in [1.165, 1.54) is 24.3 Å². The molecule has 1 aromatic carbocycles. The maximum atomic E-state index is 12.4. The number of hydrogen-bond donors (Lipinski definition) is 0. The largest absolute Gasteiger partial charge is 0.336 e. The molecule has 0 N–H and O–H groups in total. The minimum atomic E-state index is -0.459. The number of carbonyl (C=O) groups excluding carboxylic acids is 1. The Hall–Kier alpha value is -1.95. The van der Waals surface area contributed by atoms with Crippen molar-refractivity contribution in [1.82, 2.24) is 9.80 Å². The molecule has 0 unspecified atom stereocenters. The molecular weight excluding hydrogens is 270 g/mol. The Labute approximate surface area is 124 Å². The maximum Gasteiger partial charge on any atom is 0.269 e. The van der Waals surface area contributed by atoms with Gasteiger partial charge >= 0.3 is 0 Å². The van der Waals surface area contributed by atoms with E-state index < -0.39 is 4.92 Å². The third-order valence-electron chi connectivity index (χ3n) is 4.14. The molecule has 1 saturated heterocycles. The average Bonchev–Trinajstić information content (AvgIpc) is 2.53. The van der Waals surface area contributed by atoms with Crippen LogP contribution in [0.2, 0.25) is 0 Å². The Kier molecular flexibility index (Phi) is 4.90. The molecule has 0 saturated carbocycles. The zero-order valence-electron chi connectivity index (χ0n) is 12.5. The van der Waals surface area contributed by atoms with Gasteiger partial charge in [-0.05, 0) is 25.5 Å². The number of nitro groups is 1. The van der Waals surface area contributed by atoms with Crippen LogP contribution in [0.25, 0.3) is 0 Å². The SMILES string of the molecule is CC[C@H](C)N1CCN(C(=O)c2ccc([N+](=O)[O-])cc2)CC1. The Balaban J connectivity index is 1.97. The fraction of sp³-hybridized carbons (Fsp3) is 0.533. The third-order valence-corrected chi connectivity index (χ3v) is 4.14. The van der Waals surface area contributed by atoms with Crippen molar-refractivity contribution in [3.63, 3.8) is 0 Å². The maximum absolute atomic E-state index is 12.4. The first-order chi connectivity index (χ1) is 10.0. The summed E-state index contributed by atoms with van der Waals surface area (Å²) in [5.41, 5.74) is 0.519. The van der Waals surface area contributed by atoms with Gasteiger partial charge in [-0.15, -0.1) is 0 Å². The van der Waals surface area contributed by atoms with Crippen LogP contribution in [0.3, 0.4) is 0 Å². The van der Waals surface area contributed by atoms with E-state index in [9.17, 15) is 14.9 Å². The molecule has 0 radical (unpaired) electrons. The average molecular weight is 291 g/mol. The molecule has 1 atom stereocenters. The summed E-state index contributed by atoms with van der Waals surface area (Å²) < 4.78 is 0. The van der Waals surface area contributed by atoms with Crippen molar-refractivity contribution in [3.05, 3.63) is 39.9 Å². The summed E-state index contributed by atoms with van der Waals surface area (Å²) in [6.07, 6.45) is 1.11. The van der Waals surface area contributed by atoms with Crippen molar-refractivity contribution in [2.24, 2.45) is 0 Å². The number of amides is 1. The molecule has 1 heterocycles. The Morgan fingerprint density at radius 1 is 1.24 bits per heavy atom. The van der Waals surface area contributed by atoms with E-state index in [1.54, 1.807) is 0 Å². The van der Waals surface area contributed by atoms with Crippen molar-refractivity contribution in [3.8, 4) is 0 Å². The number of piperazine rings is 1. The van der Waals surface area contributed by atoms with E-state index >= 15 is 0 Å². The lowest BCUT2D eigenvalue weighted by atomic mass is 10.1. The van der Waals surface area contributed by atoms with Crippen LogP contribution in [0.4, 0.5) is 5.69 Å². The molecule has 114 valence electrons. The van der Waals surface area contributed by atoms with Gasteiger partial charge in [0.15, 0.2) is 0 Å². The Bertz CT molecular complexity index is 507. The molecule has 21 heavy (non-hydrogen) atoms. The first-order valence-corrected chi connectivity index (χ1v) is 7.30. The molecule has 0 bridgehead atoms. The summed E-state index contributed by atoms with van der Waals surface area (Å²) in [5.74, 6) is -0.0475. The summed E-state index contributed by atoms with van der Waals surface area (Å²) in [6, 6.07) is 6.36. The molecule has 0 aliphatic carbocycles. The van der Waals surface area contributed by atoms with Crippen molar-refractivity contribution in [2.45, 2.75) is 26.3 Å². The zero-order chi connectivity index (χ0) is 15.4. The number of nitrogens with zero attached hydrogens (tertiary/aromatic N) is 3. The second-order valence-electron chi connectivity index (χ2n) is 5.39. The van der Waals surface area contributed by atoms with Crippen LogP contribution in [0.1, 0.15) is 30.6 Å². The highest BCUT2D eigenvalue weighted by Crippen LogP contribution is 2.15. The summed E-state index contributed by atoms with van der Waals surface area (Å²) in [6.45, 7) is 7.55. The topological polar surface area (TPSA) is 66.7 Å². The van der Waals surface area contributed by atoms with Gasteiger partial charge in [0.1, 0.15) is 0 Å². The number of benzene rings is 1. The van der Waals surface area contributed by atoms with E-state index in [0.717, 1.165) is 19.5 Å². The number of rotatable bonds is 4. The predicted octanol–water partition coefficient (Wildman–Crippen LogP) is 2.15. The summed E-state index contributed by atoms with van der Waals surface area (Å²) in [5, 5.41) is 10.6. The molecule has 1 aliphatic rings. The Morgan fingerprint density at radius 2 is 1.81 bits per heavy atom. The van der Waals surface area contributed by atoms with Crippen LogP contribution >= 0.6 is 0 Å². The van der Waals surface area contributed by atoms with Crippen LogP contribution in [0.5, 0.6) is 0 Å². The molecule has 1 aliphatic heterocycles. The summed E-state index contributed by atoms with van der Waals surface area (Å²) in [4.78, 5) is 26.7. The van der Waals surface area contributed by atoms with E-state index in [-0.39, 0.29) is 11.6 Å². The van der Waals surface area contributed by atoms with Gasteiger partial charge in [-0.3, -0.25) is 19.8 Å². The molecule has 6 nitrogen and oxygen atoms in total. The highest BCUT2D eigenvalue weighted by atomic mass is 16.6. The van der Waals surface area contributed by atoms with Crippen molar-refractivity contribution < 1.29 is 9.72 Å². The lowest BCUT2D eigenvalue weighted by molar-refractivity contribution is -0.384. The van der Waals surface area contributed by atoms with E-state index in [1.807, 2.05) is 4.90 Å². The predicted molar refractivity (Wildman–Crippen MR) is 80.3 cm³/mol. The smallest absolute Gasteiger partial charge is 0.269 e. The van der Waals surface area contributed by atoms with Crippen LogP contribution in [0, 0.1) is 10.1 Å². The van der Waals surface area contributed by atoms with E-state index in [2.05, 4.69) is 18.7 Å². The highest BCUT2D eigenvalue weighted by Gasteiger charge is 2.24. The lowest BCUT2D eigenvalue weighted by Gasteiger charge is -2.37. The van der Waals surface area contributed by atoms with Gasteiger partial charge in [0.25, 0.3) is 11.6 Å². The second kappa shape index (κ2) is 6.67. The first kappa shape index (κ1) is 15.4. The highest BCUT2D eigenvalue weighted by molar-refractivity contribution is 5.94. The van der Waals surface area contributed by atoms with Gasteiger partial charge in [-0.2, -0.15) is 0 Å². The molecule has 6 heteroatoms. The van der Waals surface area contributed by atoms with Crippen molar-refractivity contribution in [2.75, 3.05) is 26.2 Å². The molecule has 0 spiro atoms. The zero-order valence-corrected chi connectivity index (χ0v) is 12.5. The second-order valence-corrected chi connectivity index (χ2v) is 5.39. The monoisotopic (exact) mass is 291 g/mol. The first-order valence-electron chi connectivity index (χ1n) is 7.30. The molecule has 0 aromatic heterocycles. The number of carbonyl (C=O) groups is 1. The fourth-order valence-corrected chi connectivity index (χ4v) is 2.53. The van der Waals surface area contributed by atoms with E-state index in [4.69, 9.17) is 0 Å². The quantitative estimate of drug-likeness (QED) is 0.629. The van der Waals surface area contributed by atoms with Gasteiger partial charge < -0.3 is 4.90 Å². The standard InChI is InChI=1S/C15H21N3O3/c1-3-12(2)16-8-10-17(11-9-16)15(19)13-4-6-14(7-5-13)18(20)21/h4-7,12H,3,8-11H2,1-2H3/t12-/m0/s1. The summed E-state index contributed by atoms with van der Waals surface area (Å²) >= 11 is 0. The van der Waals surface area contributed by atoms with Crippen LogP contribution < -0.4 is 0 Å². The van der Waals surface area contributed by atoms with Gasteiger partial charge in [-0.1, -0.05) is 6.92 Å². The van der Waals surface area contributed by atoms with Gasteiger partial charge in [0.05, 0.1) is 4.92 Å². The molecular formula is C15H21N3O3. The van der Waals surface area contributed by atoms with Crippen LogP contribution in [-0.2, 0) is 0 Å². The molecule has 1 fully saturated rings. The third kappa shape index (κ3) is 3.58. The molecule has 1 aromatic rings. The minimum Gasteiger partial charge on any atom is -0.336 e. The van der Waals surface area contributed by atoms with Crippen LogP contribution in [0.15, 0.2) is 24.3 Å². The molecule has 1 amide bonds. The van der Waals surface area contributed by atoms with E-state index in [0.29, 0.717) is 24.7 Å². The number of hydrogen-bond acceptors (Lipinski definition) is 4. The number of nitro benzene ring substituents is 1. The Morgan fingerprint density at radius 3 is 2.29 bits per heavy atom. The van der Waals surface area contributed by atoms with Crippen molar-refractivity contribution >= 4 is 11.6 Å². The van der Waals surface area contributed by atoms with Gasteiger partial charge in [-0.25, -0.2) is 0 Å². The lowest BCUT2D eigenvalue weighted by Crippen LogP contribution is -2.51. The molecule has 2 rings (SSSR count). The summed E-state index contributed by atoms with van der Waals surface area (Å²) in [7, 11) is 0. The number of non-ortho nitro benzene ring substituents is 1. The minimum absolute atomic E-state index is 0.00754. The fourth-order valence-electron chi connectivity index (χ4n) is 2.53.